The molecule has 6 heteroatoms. The molecule has 18 heavy (non-hydrogen) atoms. The van der Waals surface area contributed by atoms with Crippen molar-refractivity contribution in [3.8, 4) is 0 Å². The van der Waals surface area contributed by atoms with Gasteiger partial charge in [-0.05, 0) is 38.0 Å². The summed E-state index contributed by atoms with van der Waals surface area (Å²) in [7, 11) is 2.08. The second-order valence-electron chi connectivity index (χ2n) is 4.80. The largest absolute Gasteiger partial charge is 0.313 e. The van der Waals surface area contributed by atoms with Crippen molar-refractivity contribution in [3.05, 3.63) is 22.2 Å². The zero-order valence-corrected chi connectivity index (χ0v) is 12.0. The Morgan fingerprint density at radius 3 is 2.94 bits per heavy atom. The first-order valence-corrected chi connectivity index (χ1v) is 6.99. The van der Waals surface area contributed by atoms with Crippen LogP contribution < -0.4 is 5.32 Å². The van der Waals surface area contributed by atoms with E-state index in [1.807, 2.05) is 0 Å². The standard InChI is InChI=1S/C12H18Cl2N4/c1-18(8-10-4-2-3-5-15-10)7-9-6-16-12(14)17-11(9)13/h6,10,15H,2-5,7-8H2,1H3/t10-/m0/s1. The van der Waals surface area contributed by atoms with Gasteiger partial charge in [-0.1, -0.05) is 18.0 Å². The molecule has 1 aliphatic heterocycles. The maximum absolute atomic E-state index is 6.04. The topological polar surface area (TPSA) is 41.1 Å². The maximum atomic E-state index is 6.04. The second kappa shape index (κ2) is 6.66. The molecule has 0 aromatic carbocycles. The van der Waals surface area contributed by atoms with Crippen LogP contribution in [0, 0.1) is 0 Å². The Morgan fingerprint density at radius 1 is 1.44 bits per heavy atom. The Bertz CT molecular complexity index is 394. The third-order valence-electron chi connectivity index (χ3n) is 3.17. The van der Waals surface area contributed by atoms with Crippen LogP contribution in [0.15, 0.2) is 6.20 Å². The van der Waals surface area contributed by atoms with Crippen molar-refractivity contribution in [2.45, 2.75) is 31.8 Å². The molecule has 0 spiro atoms. The zero-order chi connectivity index (χ0) is 13.0. The number of hydrogen-bond donors (Lipinski definition) is 1. The van der Waals surface area contributed by atoms with Crippen LogP contribution >= 0.6 is 23.2 Å². The van der Waals surface area contributed by atoms with Gasteiger partial charge in [0.05, 0.1) is 0 Å². The molecule has 2 rings (SSSR count). The fraction of sp³-hybridized carbons (Fsp3) is 0.667. The van der Waals surface area contributed by atoms with Gasteiger partial charge in [0.15, 0.2) is 0 Å². The lowest BCUT2D eigenvalue weighted by Crippen LogP contribution is -2.42. The number of nitrogens with one attached hydrogen (secondary N) is 1. The lowest BCUT2D eigenvalue weighted by molar-refractivity contribution is 0.256. The summed E-state index contributed by atoms with van der Waals surface area (Å²) in [5.74, 6) is 0. The molecule has 4 nitrogen and oxygen atoms in total. The molecule has 1 saturated heterocycles. The summed E-state index contributed by atoms with van der Waals surface area (Å²) in [6.45, 7) is 2.89. The molecule has 0 aliphatic carbocycles. The minimum absolute atomic E-state index is 0.195. The summed E-state index contributed by atoms with van der Waals surface area (Å²) in [4.78, 5) is 10.2. The number of rotatable bonds is 4. The van der Waals surface area contributed by atoms with Crippen LogP contribution in [0.4, 0.5) is 0 Å². The molecule has 2 heterocycles. The number of halogens is 2. The summed E-state index contributed by atoms with van der Waals surface area (Å²) in [5.41, 5.74) is 0.916. The SMILES string of the molecule is CN(Cc1cnc(Cl)nc1Cl)C[C@@H]1CCCCN1. The molecule has 1 atom stereocenters. The van der Waals surface area contributed by atoms with Gasteiger partial charge in [-0.3, -0.25) is 0 Å². The van der Waals surface area contributed by atoms with E-state index < -0.39 is 0 Å². The Morgan fingerprint density at radius 2 is 2.28 bits per heavy atom. The minimum atomic E-state index is 0.195. The van der Waals surface area contributed by atoms with Crippen LogP contribution in [-0.2, 0) is 6.54 Å². The van der Waals surface area contributed by atoms with Gasteiger partial charge in [0.1, 0.15) is 5.15 Å². The van der Waals surface area contributed by atoms with Gasteiger partial charge in [-0.2, -0.15) is 0 Å². The van der Waals surface area contributed by atoms with Crippen molar-refractivity contribution in [1.82, 2.24) is 20.2 Å². The highest BCUT2D eigenvalue weighted by molar-refractivity contribution is 6.32. The molecule has 0 unspecified atom stereocenters. The monoisotopic (exact) mass is 288 g/mol. The summed E-state index contributed by atoms with van der Waals surface area (Å²) in [6.07, 6.45) is 5.55. The van der Waals surface area contributed by atoms with E-state index in [9.17, 15) is 0 Å². The first-order chi connectivity index (χ1) is 8.65. The Kier molecular flexibility index (Phi) is 5.18. The van der Waals surface area contributed by atoms with Crippen LogP contribution in [0.5, 0.6) is 0 Å². The Labute approximate surface area is 118 Å². The molecule has 0 radical (unpaired) electrons. The molecule has 0 amide bonds. The van der Waals surface area contributed by atoms with Crippen LogP contribution in [0.3, 0.4) is 0 Å². The highest BCUT2D eigenvalue weighted by Crippen LogP contribution is 2.16. The quantitative estimate of drug-likeness (QED) is 0.682. The molecule has 1 aromatic rings. The van der Waals surface area contributed by atoms with Gasteiger partial charge in [0, 0.05) is 30.9 Å². The predicted molar refractivity (Wildman–Crippen MR) is 74.0 cm³/mol. The minimum Gasteiger partial charge on any atom is -0.313 e. The smallest absolute Gasteiger partial charge is 0.223 e. The molecule has 1 N–H and O–H groups in total. The molecule has 1 aromatic heterocycles. The Balaban J connectivity index is 1.87. The van der Waals surface area contributed by atoms with E-state index in [4.69, 9.17) is 23.2 Å². The number of aromatic nitrogens is 2. The average Bonchev–Trinajstić information content (AvgIpc) is 2.34. The number of piperidine rings is 1. The fourth-order valence-electron chi connectivity index (χ4n) is 2.28. The number of hydrogen-bond acceptors (Lipinski definition) is 4. The summed E-state index contributed by atoms with van der Waals surface area (Å²) in [5, 5.41) is 4.17. The number of nitrogens with zero attached hydrogens (tertiary/aromatic N) is 3. The molecule has 0 bridgehead atoms. The van der Waals surface area contributed by atoms with Gasteiger partial charge in [0.2, 0.25) is 5.28 Å². The van der Waals surface area contributed by atoms with Gasteiger partial charge < -0.3 is 10.2 Å². The van der Waals surface area contributed by atoms with E-state index in [1.54, 1.807) is 6.20 Å². The van der Waals surface area contributed by atoms with Crippen molar-refractivity contribution in [2.75, 3.05) is 20.1 Å². The van der Waals surface area contributed by atoms with E-state index in [0.29, 0.717) is 11.2 Å². The zero-order valence-electron chi connectivity index (χ0n) is 10.5. The van der Waals surface area contributed by atoms with E-state index in [2.05, 4.69) is 27.2 Å². The van der Waals surface area contributed by atoms with Crippen molar-refractivity contribution >= 4 is 23.2 Å². The van der Waals surface area contributed by atoms with E-state index in [0.717, 1.165) is 25.2 Å². The molecule has 100 valence electrons. The lowest BCUT2D eigenvalue weighted by Gasteiger charge is -2.28. The predicted octanol–water partition coefficient (Wildman–Crippen LogP) is 2.36. The molecular formula is C12H18Cl2N4. The molecule has 1 aliphatic rings. The summed E-state index contributed by atoms with van der Waals surface area (Å²) in [6, 6.07) is 0.579. The normalized spacial score (nSPS) is 20.3. The van der Waals surface area contributed by atoms with E-state index in [-0.39, 0.29) is 5.28 Å². The third-order valence-corrected chi connectivity index (χ3v) is 3.68. The van der Waals surface area contributed by atoms with Crippen molar-refractivity contribution in [2.24, 2.45) is 0 Å². The first-order valence-electron chi connectivity index (χ1n) is 6.24. The van der Waals surface area contributed by atoms with Crippen molar-refractivity contribution in [1.29, 1.82) is 0 Å². The van der Waals surface area contributed by atoms with Crippen molar-refractivity contribution < 1.29 is 0 Å². The van der Waals surface area contributed by atoms with Gasteiger partial charge in [-0.25, -0.2) is 9.97 Å². The highest BCUT2D eigenvalue weighted by Gasteiger charge is 2.15. The highest BCUT2D eigenvalue weighted by atomic mass is 35.5. The van der Waals surface area contributed by atoms with Crippen molar-refractivity contribution in [3.63, 3.8) is 0 Å². The van der Waals surface area contributed by atoms with Crippen LogP contribution in [0.25, 0.3) is 0 Å². The van der Waals surface area contributed by atoms with Gasteiger partial charge >= 0.3 is 0 Å². The van der Waals surface area contributed by atoms with Crippen LogP contribution in [0.1, 0.15) is 24.8 Å². The third kappa shape index (κ3) is 4.05. The molecule has 0 saturated carbocycles. The van der Waals surface area contributed by atoms with Gasteiger partial charge in [0.25, 0.3) is 0 Å². The fourth-order valence-corrected chi connectivity index (χ4v) is 2.65. The summed E-state index contributed by atoms with van der Waals surface area (Å²) < 4.78 is 0. The molecule has 1 fully saturated rings. The first kappa shape index (κ1) is 14.0. The average molecular weight is 289 g/mol. The number of likely N-dealkylation sites (N-methyl/N-ethyl adjacent to an activating group) is 1. The van der Waals surface area contributed by atoms with E-state index in [1.165, 1.54) is 19.3 Å². The van der Waals surface area contributed by atoms with Crippen LogP contribution in [-0.4, -0.2) is 41.0 Å². The van der Waals surface area contributed by atoms with Gasteiger partial charge in [-0.15, -0.1) is 0 Å². The lowest BCUT2D eigenvalue weighted by atomic mass is 10.0. The molecular weight excluding hydrogens is 271 g/mol. The summed E-state index contributed by atoms with van der Waals surface area (Å²) >= 11 is 11.7. The Hall–Kier alpha value is -0.420. The second-order valence-corrected chi connectivity index (χ2v) is 5.49. The van der Waals surface area contributed by atoms with Crippen LogP contribution in [0.2, 0.25) is 10.4 Å². The van der Waals surface area contributed by atoms with E-state index >= 15 is 0 Å². The maximum Gasteiger partial charge on any atom is 0.223 e.